The summed E-state index contributed by atoms with van der Waals surface area (Å²) in [6.45, 7) is 1.79. The second-order valence-corrected chi connectivity index (χ2v) is 6.18. The molecule has 1 unspecified atom stereocenters. The number of hydrogen-bond acceptors (Lipinski definition) is 4. The number of benzene rings is 1. The average Bonchev–Trinajstić information content (AvgIpc) is 2.46. The lowest BCUT2D eigenvalue weighted by Crippen LogP contribution is -2.28. The van der Waals surface area contributed by atoms with Crippen LogP contribution in [0.2, 0.25) is 0 Å². The van der Waals surface area contributed by atoms with Crippen molar-refractivity contribution in [1.29, 1.82) is 0 Å². The van der Waals surface area contributed by atoms with Crippen molar-refractivity contribution in [3.05, 3.63) is 59.9 Å². The Hall–Kier alpha value is -1.76. The third-order valence-electron chi connectivity index (χ3n) is 2.96. The second-order valence-electron chi connectivity index (χ2n) is 4.41. The van der Waals surface area contributed by atoms with Gasteiger partial charge in [-0.1, -0.05) is 24.3 Å². The van der Waals surface area contributed by atoms with E-state index in [4.69, 9.17) is 0 Å². The molecule has 5 nitrogen and oxygen atoms in total. The number of aromatic nitrogens is 1. The Kier molecular flexibility index (Phi) is 4.49. The van der Waals surface area contributed by atoms with Crippen molar-refractivity contribution >= 4 is 10.0 Å². The van der Waals surface area contributed by atoms with Gasteiger partial charge in [-0.3, -0.25) is 4.98 Å². The highest BCUT2D eigenvalue weighted by atomic mass is 32.2. The molecule has 0 fully saturated rings. The molecule has 2 aromatic rings. The molecule has 20 heavy (non-hydrogen) atoms. The van der Waals surface area contributed by atoms with Gasteiger partial charge in [0.2, 0.25) is 10.0 Å². The standard InChI is InChI=1S/C14H16N2O3S/c1-11-5-2-3-7-13(11)14(17)10-16-20(18,19)12-6-4-8-15-9-12/h2-9,14,16-17H,10H2,1H3. The van der Waals surface area contributed by atoms with Gasteiger partial charge in [0.25, 0.3) is 0 Å². The van der Waals surface area contributed by atoms with E-state index in [-0.39, 0.29) is 11.4 Å². The minimum Gasteiger partial charge on any atom is -0.387 e. The molecule has 1 atom stereocenters. The maximum Gasteiger partial charge on any atom is 0.242 e. The largest absolute Gasteiger partial charge is 0.387 e. The van der Waals surface area contributed by atoms with Gasteiger partial charge in [0.15, 0.2) is 0 Å². The van der Waals surface area contributed by atoms with Crippen molar-refractivity contribution in [3.63, 3.8) is 0 Å². The van der Waals surface area contributed by atoms with E-state index in [0.717, 1.165) is 5.56 Å². The third-order valence-corrected chi connectivity index (χ3v) is 4.37. The van der Waals surface area contributed by atoms with E-state index in [1.165, 1.54) is 18.5 Å². The minimum absolute atomic E-state index is 0.0805. The van der Waals surface area contributed by atoms with Gasteiger partial charge in [-0.05, 0) is 30.2 Å². The van der Waals surface area contributed by atoms with Crippen LogP contribution in [0.15, 0.2) is 53.7 Å². The zero-order valence-electron chi connectivity index (χ0n) is 11.0. The maximum atomic E-state index is 12.0. The highest BCUT2D eigenvalue weighted by Gasteiger charge is 2.17. The van der Waals surface area contributed by atoms with Gasteiger partial charge in [0.1, 0.15) is 4.90 Å². The predicted molar refractivity (Wildman–Crippen MR) is 75.6 cm³/mol. The lowest BCUT2D eigenvalue weighted by molar-refractivity contribution is 0.181. The summed E-state index contributed by atoms with van der Waals surface area (Å²) < 4.78 is 26.4. The van der Waals surface area contributed by atoms with E-state index in [1.54, 1.807) is 18.2 Å². The summed E-state index contributed by atoms with van der Waals surface area (Å²) in [5.41, 5.74) is 1.63. The van der Waals surface area contributed by atoms with Gasteiger partial charge >= 0.3 is 0 Å². The van der Waals surface area contributed by atoms with Gasteiger partial charge in [-0.2, -0.15) is 0 Å². The Labute approximate surface area is 118 Å². The van der Waals surface area contributed by atoms with Gasteiger partial charge in [0, 0.05) is 18.9 Å². The van der Waals surface area contributed by atoms with E-state index in [2.05, 4.69) is 9.71 Å². The zero-order chi connectivity index (χ0) is 14.6. The number of aryl methyl sites for hydroxylation is 1. The van der Waals surface area contributed by atoms with Crippen molar-refractivity contribution in [3.8, 4) is 0 Å². The molecule has 0 aliphatic heterocycles. The van der Waals surface area contributed by atoms with Crippen LogP contribution in [0.1, 0.15) is 17.2 Å². The SMILES string of the molecule is Cc1ccccc1C(O)CNS(=O)(=O)c1cccnc1. The van der Waals surface area contributed by atoms with Crippen molar-refractivity contribution < 1.29 is 13.5 Å². The Bertz CT molecular complexity index is 672. The molecule has 0 bridgehead atoms. The molecule has 1 aromatic heterocycles. The Morgan fingerprint density at radius 3 is 2.65 bits per heavy atom. The van der Waals surface area contributed by atoms with Crippen LogP contribution in [-0.4, -0.2) is 25.1 Å². The Balaban J connectivity index is 2.08. The molecule has 0 aliphatic carbocycles. The second kappa shape index (κ2) is 6.13. The van der Waals surface area contributed by atoms with E-state index in [0.29, 0.717) is 5.56 Å². The summed E-state index contributed by atoms with van der Waals surface area (Å²) in [6.07, 6.45) is 1.88. The summed E-state index contributed by atoms with van der Waals surface area (Å²) in [4.78, 5) is 3.85. The number of sulfonamides is 1. The minimum atomic E-state index is -3.65. The first-order chi connectivity index (χ1) is 9.50. The van der Waals surface area contributed by atoms with Crippen molar-refractivity contribution in [2.24, 2.45) is 0 Å². The smallest absolute Gasteiger partial charge is 0.242 e. The summed E-state index contributed by atoms with van der Waals surface area (Å²) in [7, 11) is -3.65. The molecule has 1 heterocycles. The van der Waals surface area contributed by atoms with Gasteiger partial charge < -0.3 is 5.11 Å². The number of nitrogens with one attached hydrogen (secondary N) is 1. The highest BCUT2D eigenvalue weighted by molar-refractivity contribution is 7.89. The molecule has 2 rings (SSSR count). The average molecular weight is 292 g/mol. The molecule has 0 saturated carbocycles. The fraction of sp³-hybridized carbons (Fsp3) is 0.214. The lowest BCUT2D eigenvalue weighted by Gasteiger charge is -2.14. The molecule has 0 spiro atoms. The first kappa shape index (κ1) is 14.6. The normalized spacial score (nSPS) is 13.1. The number of rotatable bonds is 5. The van der Waals surface area contributed by atoms with Gasteiger partial charge in [-0.15, -0.1) is 0 Å². The number of pyridine rings is 1. The molecule has 0 amide bonds. The van der Waals surface area contributed by atoms with E-state index < -0.39 is 16.1 Å². The maximum absolute atomic E-state index is 12.0. The molecular formula is C14H16N2O3S. The third kappa shape index (κ3) is 3.41. The zero-order valence-corrected chi connectivity index (χ0v) is 11.8. The molecule has 1 aromatic carbocycles. The Morgan fingerprint density at radius 1 is 1.25 bits per heavy atom. The lowest BCUT2D eigenvalue weighted by atomic mass is 10.0. The molecule has 0 aliphatic rings. The fourth-order valence-corrected chi connectivity index (χ4v) is 2.85. The molecular weight excluding hydrogens is 276 g/mol. The Morgan fingerprint density at radius 2 is 2.00 bits per heavy atom. The van der Waals surface area contributed by atoms with Crippen molar-refractivity contribution in [2.75, 3.05) is 6.54 Å². The molecule has 0 saturated heterocycles. The van der Waals surface area contributed by atoms with E-state index in [9.17, 15) is 13.5 Å². The summed E-state index contributed by atoms with van der Waals surface area (Å²) in [5, 5.41) is 10.1. The van der Waals surface area contributed by atoms with Gasteiger partial charge in [-0.25, -0.2) is 13.1 Å². The van der Waals surface area contributed by atoms with E-state index >= 15 is 0 Å². The number of aliphatic hydroxyl groups is 1. The topological polar surface area (TPSA) is 79.3 Å². The van der Waals surface area contributed by atoms with Crippen LogP contribution in [-0.2, 0) is 10.0 Å². The van der Waals surface area contributed by atoms with Crippen LogP contribution in [0.25, 0.3) is 0 Å². The van der Waals surface area contributed by atoms with Crippen LogP contribution in [0, 0.1) is 6.92 Å². The molecule has 106 valence electrons. The highest BCUT2D eigenvalue weighted by Crippen LogP contribution is 2.17. The van der Waals surface area contributed by atoms with Crippen LogP contribution >= 0.6 is 0 Å². The monoisotopic (exact) mass is 292 g/mol. The summed E-state index contributed by atoms with van der Waals surface area (Å²) >= 11 is 0. The fourth-order valence-electron chi connectivity index (χ4n) is 1.85. The number of aliphatic hydroxyl groups excluding tert-OH is 1. The van der Waals surface area contributed by atoms with Crippen LogP contribution in [0.4, 0.5) is 0 Å². The van der Waals surface area contributed by atoms with Gasteiger partial charge in [0.05, 0.1) is 6.10 Å². The molecule has 0 radical (unpaired) electrons. The predicted octanol–water partition coefficient (Wildman–Crippen LogP) is 1.40. The van der Waals surface area contributed by atoms with E-state index in [1.807, 2.05) is 19.1 Å². The van der Waals surface area contributed by atoms with Crippen LogP contribution in [0.5, 0.6) is 0 Å². The molecule has 6 heteroatoms. The van der Waals surface area contributed by atoms with Crippen LogP contribution < -0.4 is 4.72 Å². The number of hydrogen-bond donors (Lipinski definition) is 2. The molecule has 2 N–H and O–H groups in total. The summed E-state index contributed by atoms with van der Waals surface area (Å²) in [5.74, 6) is 0. The first-order valence-electron chi connectivity index (χ1n) is 6.14. The first-order valence-corrected chi connectivity index (χ1v) is 7.62. The van der Waals surface area contributed by atoms with Crippen molar-refractivity contribution in [2.45, 2.75) is 17.9 Å². The van der Waals surface area contributed by atoms with Crippen molar-refractivity contribution in [1.82, 2.24) is 9.71 Å². The number of nitrogens with zero attached hydrogens (tertiary/aromatic N) is 1. The van der Waals surface area contributed by atoms with Crippen LogP contribution in [0.3, 0.4) is 0 Å². The quantitative estimate of drug-likeness (QED) is 0.873. The summed E-state index contributed by atoms with van der Waals surface area (Å²) in [6, 6.07) is 10.3.